The fourth-order valence-electron chi connectivity index (χ4n) is 1.17. The fourth-order valence-corrected chi connectivity index (χ4v) is 1.17. The van der Waals surface area contributed by atoms with E-state index in [4.69, 9.17) is 10.2 Å². The SMILES string of the molecule is OC1CCCC(O)(F)C1. The molecule has 2 nitrogen and oxygen atoms in total. The Kier molecular flexibility index (Phi) is 1.73. The first-order valence-corrected chi connectivity index (χ1v) is 3.19. The van der Waals surface area contributed by atoms with E-state index < -0.39 is 12.0 Å². The minimum atomic E-state index is -2.10. The van der Waals surface area contributed by atoms with Crippen LogP contribution in [0.25, 0.3) is 0 Å². The lowest BCUT2D eigenvalue weighted by molar-refractivity contribution is -0.140. The van der Waals surface area contributed by atoms with E-state index >= 15 is 0 Å². The molecule has 1 fully saturated rings. The quantitative estimate of drug-likeness (QED) is 0.508. The molecule has 0 heterocycles. The molecule has 0 aromatic rings. The van der Waals surface area contributed by atoms with Crippen molar-refractivity contribution >= 4 is 0 Å². The summed E-state index contributed by atoms with van der Waals surface area (Å²) in [6.07, 6.45) is 0.603. The molecule has 1 saturated carbocycles. The molecular weight excluding hydrogens is 123 g/mol. The zero-order chi connectivity index (χ0) is 6.91. The van der Waals surface area contributed by atoms with E-state index in [0.29, 0.717) is 12.8 Å². The number of alkyl halides is 1. The molecule has 0 aromatic carbocycles. The molecule has 2 atom stereocenters. The molecule has 0 radical (unpaired) electrons. The fraction of sp³-hybridized carbons (Fsp3) is 1.00. The van der Waals surface area contributed by atoms with Crippen LogP contribution in [0.15, 0.2) is 0 Å². The number of hydrogen-bond acceptors (Lipinski definition) is 2. The molecule has 9 heavy (non-hydrogen) atoms. The van der Waals surface area contributed by atoms with Crippen LogP contribution < -0.4 is 0 Å². The van der Waals surface area contributed by atoms with Gasteiger partial charge in [-0.25, -0.2) is 4.39 Å². The monoisotopic (exact) mass is 134 g/mol. The van der Waals surface area contributed by atoms with E-state index in [1.807, 2.05) is 0 Å². The van der Waals surface area contributed by atoms with Gasteiger partial charge in [-0.3, -0.25) is 0 Å². The first-order chi connectivity index (χ1) is 4.10. The Bertz CT molecular complexity index is 103. The minimum Gasteiger partial charge on any atom is -0.393 e. The molecule has 2 N–H and O–H groups in total. The summed E-state index contributed by atoms with van der Waals surface area (Å²) in [7, 11) is 0. The van der Waals surface area contributed by atoms with Gasteiger partial charge in [0.25, 0.3) is 0 Å². The van der Waals surface area contributed by atoms with E-state index in [1.54, 1.807) is 0 Å². The molecular formula is C6H11FO2. The summed E-state index contributed by atoms with van der Waals surface area (Å²) in [6.45, 7) is 0. The molecule has 0 amide bonds. The molecule has 3 heteroatoms. The summed E-state index contributed by atoms with van der Waals surface area (Å²) in [6, 6.07) is 0. The Morgan fingerprint density at radius 3 is 2.56 bits per heavy atom. The van der Waals surface area contributed by atoms with E-state index in [0.717, 1.165) is 0 Å². The van der Waals surface area contributed by atoms with E-state index in [-0.39, 0.29) is 12.8 Å². The summed E-state index contributed by atoms with van der Waals surface area (Å²) < 4.78 is 12.5. The maximum atomic E-state index is 12.5. The van der Waals surface area contributed by atoms with Crippen LogP contribution in [-0.2, 0) is 0 Å². The highest BCUT2D eigenvalue weighted by atomic mass is 19.2. The molecule has 0 aliphatic heterocycles. The van der Waals surface area contributed by atoms with Crippen molar-refractivity contribution in [3.05, 3.63) is 0 Å². The molecule has 1 rings (SSSR count). The maximum absolute atomic E-state index is 12.5. The predicted octanol–water partition coefficient (Wildman–Crippen LogP) is 0.579. The van der Waals surface area contributed by atoms with E-state index in [2.05, 4.69) is 0 Å². The van der Waals surface area contributed by atoms with Gasteiger partial charge in [0.1, 0.15) is 0 Å². The summed E-state index contributed by atoms with van der Waals surface area (Å²) in [5.41, 5.74) is 0. The van der Waals surface area contributed by atoms with Gasteiger partial charge in [-0.05, 0) is 12.8 Å². The topological polar surface area (TPSA) is 40.5 Å². The first kappa shape index (κ1) is 6.96. The molecule has 0 saturated heterocycles. The normalized spacial score (nSPS) is 45.0. The van der Waals surface area contributed by atoms with Gasteiger partial charge in [0.15, 0.2) is 0 Å². The lowest BCUT2D eigenvalue weighted by atomic mass is 9.93. The van der Waals surface area contributed by atoms with E-state index in [9.17, 15) is 4.39 Å². The Balaban J connectivity index is 2.41. The second-order valence-corrected chi connectivity index (χ2v) is 2.67. The van der Waals surface area contributed by atoms with Crippen molar-refractivity contribution in [1.29, 1.82) is 0 Å². The lowest BCUT2D eigenvalue weighted by Crippen LogP contribution is -2.32. The molecule has 0 spiro atoms. The van der Waals surface area contributed by atoms with Crippen LogP contribution in [0.5, 0.6) is 0 Å². The lowest BCUT2D eigenvalue weighted by Gasteiger charge is -2.27. The van der Waals surface area contributed by atoms with Gasteiger partial charge in [0, 0.05) is 12.8 Å². The van der Waals surface area contributed by atoms with Crippen LogP contribution in [0.4, 0.5) is 4.39 Å². The van der Waals surface area contributed by atoms with Crippen molar-refractivity contribution in [3.63, 3.8) is 0 Å². The molecule has 0 aromatic heterocycles. The van der Waals surface area contributed by atoms with Crippen LogP contribution in [0, 0.1) is 0 Å². The third-order valence-electron chi connectivity index (χ3n) is 1.65. The minimum absolute atomic E-state index is 0.118. The zero-order valence-electron chi connectivity index (χ0n) is 5.18. The predicted molar refractivity (Wildman–Crippen MR) is 30.5 cm³/mol. The Morgan fingerprint density at radius 2 is 2.22 bits per heavy atom. The van der Waals surface area contributed by atoms with Gasteiger partial charge in [0.2, 0.25) is 5.85 Å². The average molecular weight is 134 g/mol. The van der Waals surface area contributed by atoms with Crippen LogP contribution in [0.2, 0.25) is 0 Å². The Labute approximate surface area is 53.3 Å². The van der Waals surface area contributed by atoms with Crippen molar-refractivity contribution in [2.45, 2.75) is 37.6 Å². The number of hydrogen-bond donors (Lipinski definition) is 2. The van der Waals surface area contributed by atoms with Crippen molar-refractivity contribution in [1.82, 2.24) is 0 Å². The number of rotatable bonds is 0. The maximum Gasteiger partial charge on any atom is 0.209 e. The summed E-state index contributed by atoms with van der Waals surface area (Å²) >= 11 is 0. The Morgan fingerprint density at radius 1 is 1.56 bits per heavy atom. The third-order valence-corrected chi connectivity index (χ3v) is 1.65. The summed E-state index contributed by atoms with van der Waals surface area (Å²) in [5, 5.41) is 17.6. The van der Waals surface area contributed by atoms with Crippen LogP contribution >= 0.6 is 0 Å². The van der Waals surface area contributed by atoms with Crippen molar-refractivity contribution in [2.75, 3.05) is 0 Å². The molecule has 1 aliphatic rings. The van der Waals surface area contributed by atoms with Gasteiger partial charge in [-0.2, -0.15) is 0 Å². The summed E-state index contributed by atoms with van der Waals surface area (Å²) in [4.78, 5) is 0. The summed E-state index contributed by atoms with van der Waals surface area (Å²) in [5.74, 6) is -2.10. The third kappa shape index (κ3) is 1.91. The second-order valence-electron chi connectivity index (χ2n) is 2.67. The number of aliphatic hydroxyl groups excluding tert-OH is 1. The zero-order valence-corrected chi connectivity index (χ0v) is 5.18. The highest BCUT2D eigenvalue weighted by Crippen LogP contribution is 2.28. The van der Waals surface area contributed by atoms with Crippen molar-refractivity contribution in [2.24, 2.45) is 0 Å². The highest BCUT2D eigenvalue weighted by Gasteiger charge is 2.32. The largest absolute Gasteiger partial charge is 0.393 e. The molecule has 2 unspecified atom stereocenters. The van der Waals surface area contributed by atoms with Crippen molar-refractivity contribution < 1.29 is 14.6 Å². The molecule has 1 aliphatic carbocycles. The smallest absolute Gasteiger partial charge is 0.209 e. The van der Waals surface area contributed by atoms with Gasteiger partial charge in [-0.1, -0.05) is 0 Å². The highest BCUT2D eigenvalue weighted by molar-refractivity contribution is 4.76. The average Bonchev–Trinajstić information content (AvgIpc) is 1.60. The first-order valence-electron chi connectivity index (χ1n) is 3.19. The molecule has 0 bridgehead atoms. The van der Waals surface area contributed by atoms with E-state index in [1.165, 1.54) is 0 Å². The van der Waals surface area contributed by atoms with Crippen molar-refractivity contribution in [3.8, 4) is 0 Å². The number of halogens is 1. The second kappa shape index (κ2) is 2.23. The molecule has 54 valence electrons. The van der Waals surface area contributed by atoms with Gasteiger partial charge >= 0.3 is 0 Å². The van der Waals surface area contributed by atoms with Gasteiger partial charge < -0.3 is 10.2 Å². The standard InChI is InChI=1S/C6H11FO2/c7-6(9)3-1-2-5(8)4-6/h5,8-9H,1-4H2. The van der Waals surface area contributed by atoms with Crippen LogP contribution in [0.1, 0.15) is 25.7 Å². The van der Waals surface area contributed by atoms with Gasteiger partial charge in [-0.15, -0.1) is 0 Å². The Hall–Kier alpha value is -0.150. The number of aliphatic hydroxyl groups is 2. The van der Waals surface area contributed by atoms with Crippen LogP contribution in [-0.4, -0.2) is 22.2 Å². The van der Waals surface area contributed by atoms with Gasteiger partial charge in [0.05, 0.1) is 6.10 Å². The van der Waals surface area contributed by atoms with Crippen LogP contribution in [0.3, 0.4) is 0 Å².